The van der Waals surface area contributed by atoms with Crippen molar-refractivity contribution in [2.45, 2.75) is 37.6 Å². The van der Waals surface area contributed by atoms with Gasteiger partial charge in [-0.1, -0.05) is 24.3 Å². The minimum absolute atomic E-state index is 0.0946. The van der Waals surface area contributed by atoms with Crippen LogP contribution in [0.2, 0.25) is 0 Å². The van der Waals surface area contributed by atoms with Crippen LogP contribution in [0.25, 0.3) is 11.4 Å². The lowest BCUT2D eigenvalue weighted by molar-refractivity contribution is 0.102. The van der Waals surface area contributed by atoms with Crippen molar-refractivity contribution in [3.63, 3.8) is 0 Å². The molecule has 0 spiro atoms. The number of hydrogen-bond acceptors (Lipinski definition) is 5. The topological polar surface area (TPSA) is 90.1 Å². The SMILES string of the molecule is COc1cccc(F)c1-c1nccc(C(=O)Nc2ccccc2[C@H]2CC[C@H](N)CC2)n1. The summed E-state index contributed by atoms with van der Waals surface area (Å²) in [7, 11) is 1.45. The first-order chi connectivity index (χ1) is 15.1. The molecule has 1 aromatic heterocycles. The van der Waals surface area contributed by atoms with E-state index in [1.54, 1.807) is 12.1 Å². The van der Waals surface area contributed by atoms with Gasteiger partial charge in [-0.15, -0.1) is 0 Å². The van der Waals surface area contributed by atoms with Gasteiger partial charge in [0, 0.05) is 17.9 Å². The number of carbonyl (C=O) groups excluding carboxylic acids is 1. The molecule has 1 heterocycles. The summed E-state index contributed by atoms with van der Waals surface area (Å²) in [4.78, 5) is 21.4. The van der Waals surface area contributed by atoms with Crippen LogP contribution >= 0.6 is 0 Å². The first-order valence-electron chi connectivity index (χ1n) is 10.4. The Morgan fingerprint density at radius 2 is 1.87 bits per heavy atom. The number of methoxy groups -OCH3 is 1. The van der Waals surface area contributed by atoms with Crippen LogP contribution in [0.4, 0.5) is 10.1 Å². The summed E-state index contributed by atoms with van der Waals surface area (Å²) in [5.74, 6) is -0.132. The van der Waals surface area contributed by atoms with Gasteiger partial charge >= 0.3 is 0 Å². The first kappa shape index (κ1) is 20.9. The monoisotopic (exact) mass is 420 g/mol. The maximum absolute atomic E-state index is 14.4. The Morgan fingerprint density at radius 1 is 1.10 bits per heavy atom. The van der Waals surface area contributed by atoms with Gasteiger partial charge in [-0.2, -0.15) is 0 Å². The van der Waals surface area contributed by atoms with E-state index < -0.39 is 5.82 Å². The molecule has 1 fully saturated rings. The number of nitrogens with one attached hydrogen (secondary N) is 1. The molecule has 0 saturated heterocycles. The minimum atomic E-state index is -0.516. The van der Waals surface area contributed by atoms with E-state index in [0.29, 0.717) is 11.7 Å². The molecule has 6 nitrogen and oxygen atoms in total. The van der Waals surface area contributed by atoms with Gasteiger partial charge in [0.2, 0.25) is 0 Å². The number of nitrogens with zero attached hydrogens (tertiary/aromatic N) is 2. The van der Waals surface area contributed by atoms with Crippen LogP contribution in [0.3, 0.4) is 0 Å². The molecule has 7 heteroatoms. The van der Waals surface area contributed by atoms with Crippen LogP contribution in [0, 0.1) is 5.82 Å². The van der Waals surface area contributed by atoms with Gasteiger partial charge in [0.1, 0.15) is 17.3 Å². The standard InChI is InChI=1S/C24H25FN4O2/c1-31-21-8-4-6-18(25)22(21)23-27-14-13-20(28-23)24(30)29-19-7-3-2-5-17(19)15-9-11-16(26)12-10-15/h2-8,13-16H,9-12,26H2,1H3,(H,29,30)/t15-,16-. The second kappa shape index (κ2) is 9.22. The fraction of sp³-hybridized carbons (Fsp3) is 0.292. The molecule has 160 valence electrons. The van der Waals surface area contributed by atoms with Crippen molar-refractivity contribution in [2.24, 2.45) is 5.73 Å². The Bertz CT molecular complexity index is 1080. The summed E-state index contributed by atoms with van der Waals surface area (Å²) in [6, 6.07) is 14.1. The number of para-hydroxylation sites is 1. The van der Waals surface area contributed by atoms with Gasteiger partial charge in [0.25, 0.3) is 5.91 Å². The van der Waals surface area contributed by atoms with E-state index in [1.807, 2.05) is 24.3 Å². The fourth-order valence-electron chi connectivity index (χ4n) is 4.08. The summed E-state index contributed by atoms with van der Waals surface area (Å²) in [6.07, 6.45) is 5.40. The number of rotatable bonds is 5. The molecule has 0 aliphatic heterocycles. The van der Waals surface area contributed by atoms with Crippen molar-refractivity contribution in [1.82, 2.24) is 9.97 Å². The van der Waals surface area contributed by atoms with Crippen LogP contribution in [0.1, 0.15) is 47.7 Å². The molecule has 1 aliphatic carbocycles. The molecule has 1 aliphatic rings. The Morgan fingerprint density at radius 3 is 2.65 bits per heavy atom. The molecule has 1 saturated carbocycles. The number of hydrogen-bond donors (Lipinski definition) is 2. The van der Waals surface area contributed by atoms with Crippen LogP contribution in [-0.2, 0) is 0 Å². The van der Waals surface area contributed by atoms with E-state index in [9.17, 15) is 9.18 Å². The number of nitrogens with two attached hydrogens (primary N) is 1. The highest BCUT2D eigenvalue weighted by atomic mass is 19.1. The van der Waals surface area contributed by atoms with Crippen molar-refractivity contribution < 1.29 is 13.9 Å². The number of anilines is 1. The lowest BCUT2D eigenvalue weighted by atomic mass is 9.81. The average molecular weight is 420 g/mol. The second-order valence-corrected chi connectivity index (χ2v) is 7.74. The highest BCUT2D eigenvalue weighted by molar-refractivity contribution is 6.03. The molecule has 0 atom stereocenters. The Balaban J connectivity index is 1.59. The predicted octanol–water partition coefficient (Wildman–Crippen LogP) is 4.53. The molecular formula is C24H25FN4O2. The largest absolute Gasteiger partial charge is 0.496 e. The summed E-state index contributed by atoms with van der Waals surface area (Å²) < 4.78 is 19.7. The molecule has 31 heavy (non-hydrogen) atoms. The van der Waals surface area contributed by atoms with Gasteiger partial charge in [-0.05, 0) is 61.4 Å². The van der Waals surface area contributed by atoms with Crippen molar-refractivity contribution >= 4 is 11.6 Å². The van der Waals surface area contributed by atoms with E-state index in [1.165, 1.54) is 25.4 Å². The number of ether oxygens (including phenoxy) is 1. The summed E-state index contributed by atoms with van der Waals surface area (Å²) in [5.41, 5.74) is 8.18. The highest BCUT2D eigenvalue weighted by Crippen LogP contribution is 2.36. The summed E-state index contributed by atoms with van der Waals surface area (Å²) in [5, 5.41) is 2.97. The van der Waals surface area contributed by atoms with Crippen LogP contribution in [-0.4, -0.2) is 29.0 Å². The maximum atomic E-state index is 14.4. The van der Waals surface area contributed by atoms with Gasteiger partial charge in [0.05, 0.1) is 12.7 Å². The van der Waals surface area contributed by atoms with Crippen LogP contribution in [0.5, 0.6) is 5.75 Å². The van der Waals surface area contributed by atoms with Gasteiger partial charge < -0.3 is 15.8 Å². The van der Waals surface area contributed by atoms with Crippen molar-refractivity contribution in [3.05, 3.63) is 71.8 Å². The number of benzene rings is 2. The van der Waals surface area contributed by atoms with E-state index >= 15 is 0 Å². The minimum Gasteiger partial charge on any atom is -0.496 e. The third kappa shape index (κ3) is 4.56. The maximum Gasteiger partial charge on any atom is 0.274 e. The molecule has 2 aromatic carbocycles. The molecule has 1 amide bonds. The number of aromatic nitrogens is 2. The quantitative estimate of drug-likeness (QED) is 0.633. The molecular weight excluding hydrogens is 395 g/mol. The smallest absolute Gasteiger partial charge is 0.274 e. The number of halogens is 1. The zero-order valence-electron chi connectivity index (χ0n) is 17.3. The lowest BCUT2D eigenvalue weighted by Crippen LogP contribution is -2.26. The molecule has 4 rings (SSSR count). The molecule has 0 bridgehead atoms. The van der Waals surface area contributed by atoms with Crippen LogP contribution in [0.15, 0.2) is 54.7 Å². The summed E-state index contributed by atoms with van der Waals surface area (Å²) >= 11 is 0. The van der Waals surface area contributed by atoms with E-state index in [4.69, 9.17) is 10.5 Å². The number of amides is 1. The second-order valence-electron chi connectivity index (χ2n) is 7.74. The fourth-order valence-corrected chi connectivity index (χ4v) is 4.08. The zero-order chi connectivity index (χ0) is 21.8. The van der Waals surface area contributed by atoms with E-state index in [2.05, 4.69) is 15.3 Å². The molecule has 3 aromatic rings. The third-order valence-electron chi connectivity index (χ3n) is 5.73. The zero-order valence-corrected chi connectivity index (χ0v) is 17.3. The van der Waals surface area contributed by atoms with Gasteiger partial charge in [0.15, 0.2) is 5.82 Å². The normalized spacial score (nSPS) is 18.4. The highest BCUT2D eigenvalue weighted by Gasteiger charge is 2.23. The van der Waals surface area contributed by atoms with Crippen molar-refractivity contribution in [2.75, 3.05) is 12.4 Å². The van der Waals surface area contributed by atoms with E-state index in [-0.39, 0.29) is 29.0 Å². The molecule has 3 N–H and O–H groups in total. The van der Waals surface area contributed by atoms with Crippen molar-refractivity contribution in [3.8, 4) is 17.1 Å². The predicted molar refractivity (Wildman–Crippen MR) is 118 cm³/mol. The Labute approximate surface area is 180 Å². The molecule has 0 radical (unpaired) electrons. The Hall–Kier alpha value is -3.32. The van der Waals surface area contributed by atoms with Crippen LogP contribution < -0.4 is 15.8 Å². The average Bonchev–Trinajstić information content (AvgIpc) is 2.80. The van der Waals surface area contributed by atoms with E-state index in [0.717, 1.165) is 36.9 Å². The third-order valence-corrected chi connectivity index (χ3v) is 5.73. The van der Waals surface area contributed by atoms with Gasteiger partial charge in [-0.3, -0.25) is 4.79 Å². The molecule has 0 unspecified atom stereocenters. The first-order valence-corrected chi connectivity index (χ1v) is 10.4. The summed E-state index contributed by atoms with van der Waals surface area (Å²) in [6.45, 7) is 0. The number of carbonyl (C=O) groups is 1. The van der Waals surface area contributed by atoms with Gasteiger partial charge in [-0.25, -0.2) is 14.4 Å². The Kier molecular flexibility index (Phi) is 6.23. The lowest BCUT2D eigenvalue weighted by Gasteiger charge is -2.27. The van der Waals surface area contributed by atoms with Crippen molar-refractivity contribution in [1.29, 1.82) is 0 Å².